The lowest BCUT2D eigenvalue weighted by Crippen LogP contribution is -2.29. The standard InChI is InChI=1S/C19H29N3O3S/c23-19(20-10-5-13-21-11-1-2-12-21)18-8-6-17(7-9-18)16-26(24,25)22-14-3-4-15-22/h6-9H,1-5,10-16H2,(H,20,23). The minimum absolute atomic E-state index is 0.00470. The maximum absolute atomic E-state index is 12.3. The number of rotatable bonds is 8. The van der Waals surface area contributed by atoms with Crippen LogP contribution in [-0.4, -0.2) is 62.8 Å². The third-order valence-electron chi connectivity index (χ3n) is 5.16. The summed E-state index contributed by atoms with van der Waals surface area (Å²) in [5, 5.41) is 2.94. The summed E-state index contributed by atoms with van der Waals surface area (Å²) in [6.07, 6.45) is 5.41. The van der Waals surface area contributed by atoms with Gasteiger partial charge in [0.05, 0.1) is 5.75 Å². The van der Waals surface area contributed by atoms with Crippen LogP contribution in [0.2, 0.25) is 0 Å². The molecule has 0 aromatic heterocycles. The second-order valence-corrected chi connectivity index (χ2v) is 9.19. The van der Waals surface area contributed by atoms with Crippen molar-refractivity contribution in [2.75, 3.05) is 39.3 Å². The molecule has 0 atom stereocenters. The smallest absolute Gasteiger partial charge is 0.251 e. The quantitative estimate of drug-likeness (QED) is 0.700. The van der Waals surface area contributed by atoms with E-state index in [4.69, 9.17) is 0 Å². The summed E-state index contributed by atoms with van der Waals surface area (Å²) in [6, 6.07) is 6.91. The van der Waals surface area contributed by atoms with Crippen molar-refractivity contribution in [1.29, 1.82) is 0 Å². The van der Waals surface area contributed by atoms with Crippen molar-refractivity contribution in [2.45, 2.75) is 37.9 Å². The fourth-order valence-electron chi connectivity index (χ4n) is 3.63. The van der Waals surface area contributed by atoms with E-state index in [1.165, 1.54) is 25.9 Å². The van der Waals surface area contributed by atoms with Gasteiger partial charge in [-0.05, 0) is 69.4 Å². The van der Waals surface area contributed by atoms with Crippen molar-refractivity contribution in [2.24, 2.45) is 0 Å². The topological polar surface area (TPSA) is 69.7 Å². The minimum atomic E-state index is -3.24. The summed E-state index contributed by atoms with van der Waals surface area (Å²) < 4.78 is 26.3. The monoisotopic (exact) mass is 379 g/mol. The Hall–Kier alpha value is -1.44. The van der Waals surface area contributed by atoms with Gasteiger partial charge in [0, 0.05) is 25.2 Å². The molecule has 144 valence electrons. The van der Waals surface area contributed by atoms with E-state index in [0.29, 0.717) is 25.2 Å². The number of amides is 1. The molecule has 2 saturated heterocycles. The highest BCUT2D eigenvalue weighted by atomic mass is 32.2. The van der Waals surface area contributed by atoms with Crippen molar-refractivity contribution in [3.8, 4) is 0 Å². The molecule has 7 heteroatoms. The minimum Gasteiger partial charge on any atom is -0.352 e. The average molecular weight is 380 g/mol. The molecule has 1 aromatic rings. The normalized spacial score (nSPS) is 19.1. The van der Waals surface area contributed by atoms with E-state index in [1.807, 2.05) is 0 Å². The summed E-state index contributed by atoms with van der Waals surface area (Å²) in [7, 11) is -3.24. The third kappa shape index (κ3) is 5.28. The number of sulfonamides is 1. The van der Waals surface area contributed by atoms with Crippen LogP contribution in [0.1, 0.15) is 48.0 Å². The molecule has 2 aliphatic rings. The van der Waals surface area contributed by atoms with Crippen LogP contribution in [-0.2, 0) is 15.8 Å². The second kappa shape index (κ2) is 8.97. The van der Waals surface area contributed by atoms with E-state index >= 15 is 0 Å². The molecule has 1 aromatic carbocycles. The zero-order chi connectivity index (χ0) is 18.4. The molecule has 2 fully saturated rings. The van der Waals surface area contributed by atoms with Crippen LogP contribution >= 0.6 is 0 Å². The Bertz CT molecular complexity index is 691. The largest absolute Gasteiger partial charge is 0.352 e. The summed E-state index contributed by atoms with van der Waals surface area (Å²) in [5.74, 6) is -0.0922. The van der Waals surface area contributed by atoms with E-state index < -0.39 is 10.0 Å². The average Bonchev–Trinajstić information content (AvgIpc) is 3.32. The van der Waals surface area contributed by atoms with E-state index in [9.17, 15) is 13.2 Å². The predicted octanol–water partition coefficient (Wildman–Crippen LogP) is 1.83. The van der Waals surface area contributed by atoms with Crippen LogP contribution < -0.4 is 5.32 Å². The number of carbonyl (C=O) groups excluding carboxylic acids is 1. The summed E-state index contributed by atoms with van der Waals surface area (Å²) >= 11 is 0. The van der Waals surface area contributed by atoms with Crippen molar-refractivity contribution in [3.63, 3.8) is 0 Å². The fraction of sp³-hybridized carbons (Fsp3) is 0.632. The highest BCUT2D eigenvalue weighted by Gasteiger charge is 2.25. The van der Waals surface area contributed by atoms with Crippen LogP contribution in [0.3, 0.4) is 0 Å². The van der Waals surface area contributed by atoms with Gasteiger partial charge in [0.1, 0.15) is 0 Å². The van der Waals surface area contributed by atoms with E-state index in [1.54, 1.807) is 28.6 Å². The molecule has 2 aliphatic heterocycles. The van der Waals surface area contributed by atoms with Gasteiger partial charge in [-0.25, -0.2) is 12.7 Å². The van der Waals surface area contributed by atoms with Crippen LogP contribution in [0, 0.1) is 0 Å². The first-order valence-corrected chi connectivity index (χ1v) is 11.2. The molecular weight excluding hydrogens is 350 g/mol. The first-order valence-electron chi connectivity index (χ1n) is 9.62. The zero-order valence-corrected chi connectivity index (χ0v) is 16.1. The van der Waals surface area contributed by atoms with Gasteiger partial charge in [-0.3, -0.25) is 4.79 Å². The van der Waals surface area contributed by atoms with E-state index in [2.05, 4.69) is 10.2 Å². The van der Waals surface area contributed by atoms with Crippen LogP contribution in [0.15, 0.2) is 24.3 Å². The Labute approximate surface area is 156 Å². The van der Waals surface area contributed by atoms with Gasteiger partial charge >= 0.3 is 0 Å². The van der Waals surface area contributed by atoms with Crippen molar-refractivity contribution < 1.29 is 13.2 Å². The molecule has 1 amide bonds. The van der Waals surface area contributed by atoms with Crippen LogP contribution in [0.5, 0.6) is 0 Å². The van der Waals surface area contributed by atoms with Gasteiger partial charge in [0.2, 0.25) is 10.0 Å². The van der Waals surface area contributed by atoms with Gasteiger partial charge in [-0.1, -0.05) is 12.1 Å². The molecule has 0 bridgehead atoms. The molecule has 26 heavy (non-hydrogen) atoms. The SMILES string of the molecule is O=C(NCCCN1CCCC1)c1ccc(CS(=O)(=O)N2CCCC2)cc1. The van der Waals surface area contributed by atoms with Crippen molar-refractivity contribution in [3.05, 3.63) is 35.4 Å². The van der Waals surface area contributed by atoms with E-state index in [-0.39, 0.29) is 11.7 Å². The molecule has 2 heterocycles. The Morgan fingerprint density at radius 3 is 2.23 bits per heavy atom. The molecule has 1 N–H and O–H groups in total. The zero-order valence-electron chi connectivity index (χ0n) is 15.3. The number of nitrogens with zero attached hydrogens (tertiary/aromatic N) is 2. The Kier molecular flexibility index (Phi) is 6.67. The number of benzene rings is 1. The Morgan fingerprint density at radius 1 is 0.962 bits per heavy atom. The number of hydrogen-bond acceptors (Lipinski definition) is 4. The summed E-state index contributed by atoms with van der Waals surface area (Å²) in [6.45, 7) is 5.31. The maximum Gasteiger partial charge on any atom is 0.251 e. The molecule has 0 radical (unpaired) electrons. The van der Waals surface area contributed by atoms with Gasteiger partial charge in [-0.2, -0.15) is 0 Å². The number of hydrogen-bond donors (Lipinski definition) is 1. The van der Waals surface area contributed by atoms with Gasteiger partial charge < -0.3 is 10.2 Å². The molecule has 6 nitrogen and oxygen atoms in total. The van der Waals surface area contributed by atoms with Crippen LogP contribution in [0.4, 0.5) is 0 Å². The molecule has 0 saturated carbocycles. The lowest BCUT2D eigenvalue weighted by molar-refractivity contribution is 0.0952. The van der Waals surface area contributed by atoms with Crippen molar-refractivity contribution >= 4 is 15.9 Å². The fourth-order valence-corrected chi connectivity index (χ4v) is 5.24. The first-order chi connectivity index (χ1) is 12.5. The summed E-state index contributed by atoms with van der Waals surface area (Å²) in [5.41, 5.74) is 1.30. The molecule has 3 rings (SSSR count). The predicted molar refractivity (Wildman–Crippen MR) is 102 cm³/mol. The highest BCUT2D eigenvalue weighted by molar-refractivity contribution is 7.88. The lowest BCUT2D eigenvalue weighted by Gasteiger charge is -2.15. The maximum atomic E-state index is 12.3. The van der Waals surface area contributed by atoms with Gasteiger partial charge in [0.25, 0.3) is 5.91 Å². The van der Waals surface area contributed by atoms with Gasteiger partial charge in [-0.15, -0.1) is 0 Å². The third-order valence-corrected chi connectivity index (χ3v) is 7.01. The molecule has 0 unspecified atom stereocenters. The van der Waals surface area contributed by atoms with Crippen molar-refractivity contribution in [1.82, 2.24) is 14.5 Å². The number of likely N-dealkylation sites (tertiary alicyclic amines) is 1. The molecular formula is C19H29N3O3S. The molecule has 0 aliphatic carbocycles. The molecule has 0 spiro atoms. The highest BCUT2D eigenvalue weighted by Crippen LogP contribution is 2.17. The Morgan fingerprint density at radius 2 is 1.58 bits per heavy atom. The first kappa shape index (κ1) is 19.3. The van der Waals surface area contributed by atoms with Crippen LogP contribution in [0.25, 0.3) is 0 Å². The summed E-state index contributed by atoms with van der Waals surface area (Å²) in [4.78, 5) is 14.6. The number of nitrogens with one attached hydrogen (secondary N) is 1. The second-order valence-electron chi connectivity index (χ2n) is 7.22. The Balaban J connectivity index is 1.44. The number of carbonyl (C=O) groups is 1. The lowest BCUT2D eigenvalue weighted by atomic mass is 10.1. The van der Waals surface area contributed by atoms with E-state index in [0.717, 1.165) is 31.4 Å². The van der Waals surface area contributed by atoms with Gasteiger partial charge in [0.15, 0.2) is 0 Å².